The summed E-state index contributed by atoms with van der Waals surface area (Å²) >= 11 is 0. The lowest BCUT2D eigenvalue weighted by atomic mass is 9.87. The van der Waals surface area contributed by atoms with Crippen molar-refractivity contribution in [3.05, 3.63) is 58.6 Å². The van der Waals surface area contributed by atoms with Gasteiger partial charge >= 0.3 is 0 Å². The Balaban J connectivity index is 1.25. The Hall–Kier alpha value is -2.99. The molecule has 0 aliphatic carbocycles. The largest absolute Gasteiger partial charge is 0.454 e. The molecular formula is C22H20N2O4. The zero-order valence-corrected chi connectivity index (χ0v) is 15.4. The number of rotatable bonds is 4. The van der Waals surface area contributed by atoms with E-state index in [2.05, 4.69) is 9.89 Å². The number of ketones is 1. The van der Waals surface area contributed by atoms with Gasteiger partial charge in [0.15, 0.2) is 17.3 Å². The third kappa shape index (κ3) is 2.99. The molecular weight excluding hydrogens is 356 g/mol. The molecule has 0 atom stereocenters. The number of hydrogen-bond donors (Lipinski definition) is 0. The van der Waals surface area contributed by atoms with Gasteiger partial charge < -0.3 is 9.47 Å². The maximum atomic E-state index is 12.7. The van der Waals surface area contributed by atoms with Crippen LogP contribution in [0.15, 0.2) is 47.5 Å². The third-order valence-electron chi connectivity index (χ3n) is 5.70. The predicted octanol–water partition coefficient (Wildman–Crippen LogP) is 1.32. The number of amides is 1. The Labute approximate surface area is 162 Å². The molecule has 142 valence electrons. The van der Waals surface area contributed by atoms with Crippen molar-refractivity contribution in [3.63, 3.8) is 0 Å². The van der Waals surface area contributed by atoms with Crippen LogP contribution in [0.2, 0.25) is 0 Å². The van der Waals surface area contributed by atoms with Gasteiger partial charge in [-0.2, -0.15) is 0 Å². The minimum Gasteiger partial charge on any atom is -0.454 e. The fraction of sp³-hybridized carbons (Fsp3) is 0.318. The van der Waals surface area contributed by atoms with Crippen LogP contribution in [-0.4, -0.2) is 43.0 Å². The van der Waals surface area contributed by atoms with Crippen LogP contribution in [0.1, 0.15) is 23.2 Å². The second-order valence-electron chi connectivity index (χ2n) is 7.39. The summed E-state index contributed by atoms with van der Waals surface area (Å²) in [5.74, 6) is 1.49. The number of Topliss-reactive ketones (excluding diaryl/α,β-unsaturated/α-hetero) is 1. The summed E-state index contributed by atoms with van der Waals surface area (Å²) in [6, 6.07) is 13.0. The van der Waals surface area contributed by atoms with Crippen LogP contribution in [0.25, 0.3) is 5.57 Å². The molecule has 0 saturated carbocycles. The first-order valence-electron chi connectivity index (χ1n) is 9.56. The molecule has 6 nitrogen and oxygen atoms in total. The first kappa shape index (κ1) is 17.1. The Morgan fingerprint density at radius 1 is 1.07 bits per heavy atom. The van der Waals surface area contributed by atoms with E-state index >= 15 is 0 Å². The van der Waals surface area contributed by atoms with Crippen LogP contribution >= 0.6 is 0 Å². The molecule has 2 aromatic carbocycles. The smallest absolute Gasteiger partial charge is 0.274 e. The van der Waals surface area contributed by atoms with Crippen molar-refractivity contribution in [2.45, 2.75) is 12.8 Å². The predicted molar refractivity (Wildman–Crippen MR) is 102 cm³/mol. The molecule has 1 amide bonds. The van der Waals surface area contributed by atoms with Crippen molar-refractivity contribution in [2.75, 3.05) is 26.4 Å². The standard InChI is InChI=1S/C22H20N2O4/c25-18(15-5-6-19-20(11-15)28-13-27-19)12-24-9-7-14(8-10-24)21-16-3-1-2-4-17(16)23-22(21)26/h1-6,11,14H,7-10,12-13H2. The van der Waals surface area contributed by atoms with Gasteiger partial charge in [-0.3, -0.25) is 14.5 Å². The number of fused-ring (bicyclic) bond motifs is 2. The molecule has 3 aliphatic heterocycles. The van der Waals surface area contributed by atoms with E-state index in [0.29, 0.717) is 23.6 Å². The monoisotopic (exact) mass is 376 g/mol. The second-order valence-corrected chi connectivity index (χ2v) is 7.39. The van der Waals surface area contributed by atoms with Crippen LogP contribution in [-0.2, 0) is 4.79 Å². The number of carbonyl (C=O) groups excluding carboxylic acids is 2. The third-order valence-corrected chi connectivity index (χ3v) is 5.70. The Morgan fingerprint density at radius 3 is 2.71 bits per heavy atom. The lowest BCUT2D eigenvalue weighted by molar-refractivity contribution is -0.113. The highest BCUT2D eigenvalue weighted by Crippen LogP contribution is 2.33. The molecule has 0 radical (unpaired) electrons. The number of para-hydroxylation sites is 1. The van der Waals surface area contributed by atoms with Crippen molar-refractivity contribution in [1.82, 2.24) is 4.90 Å². The van der Waals surface area contributed by atoms with Gasteiger partial charge in [0.1, 0.15) is 0 Å². The van der Waals surface area contributed by atoms with E-state index in [9.17, 15) is 9.59 Å². The second kappa shape index (κ2) is 6.87. The van der Waals surface area contributed by atoms with Crippen molar-refractivity contribution in [2.24, 2.45) is 10.9 Å². The van der Waals surface area contributed by atoms with Gasteiger partial charge in [0.05, 0.1) is 11.9 Å². The molecule has 1 fully saturated rings. The lowest BCUT2D eigenvalue weighted by Crippen LogP contribution is -2.39. The molecule has 6 heteroatoms. The summed E-state index contributed by atoms with van der Waals surface area (Å²) < 4.78 is 10.7. The fourth-order valence-corrected chi connectivity index (χ4v) is 4.22. The van der Waals surface area contributed by atoms with Crippen molar-refractivity contribution < 1.29 is 19.1 Å². The average Bonchev–Trinajstić information content (AvgIpc) is 3.31. The number of ether oxygens (including phenoxy) is 2. The highest BCUT2D eigenvalue weighted by atomic mass is 16.7. The van der Waals surface area contributed by atoms with E-state index in [1.54, 1.807) is 18.2 Å². The number of piperidine rings is 1. The van der Waals surface area contributed by atoms with Crippen LogP contribution in [0, 0.1) is 5.92 Å². The van der Waals surface area contributed by atoms with Gasteiger partial charge in [-0.25, -0.2) is 4.99 Å². The Morgan fingerprint density at radius 2 is 1.86 bits per heavy atom. The van der Waals surface area contributed by atoms with Gasteiger partial charge in [-0.05, 0) is 56.1 Å². The molecule has 0 aromatic heterocycles. The van der Waals surface area contributed by atoms with Crippen LogP contribution in [0.3, 0.4) is 0 Å². The quantitative estimate of drug-likeness (QED) is 0.753. The number of nitrogens with zero attached hydrogens (tertiary/aromatic N) is 2. The van der Waals surface area contributed by atoms with Crippen molar-refractivity contribution >= 4 is 17.3 Å². The summed E-state index contributed by atoms with van der Waals surface area (Å²) in [6.07, 6.45) is 1.72. The summed E-state index contributed by atoms with van der Waals surface area (Å²) in [4.78, 5) is 31.4. The molecule has 0 spiro atoms. The number of hydrogen-bond acceptors (Lipinski definition) is 5. The summed E-state index contributed by atoms with van der Waals surface area (Å²) in [6.45, 7) is 2.16. The molecule has 0 unspecified atom stereocenters. The topological polar surface area (TPSA) is 68.2 Å². The van der Waals surface area contributed by atoms with E-state index in [4.69, 9.17) is 9.47 Å². The molecule has 0 bridgehead atoms. The molecule has 2 aromatic rings. The zero-order valence-electron chi connectivity index (χ0n) is 15.4. The van der Waals surface area contributed by atoms with Gasteiger partial charge in [0.25, 0.3) is 5.91 Å². The van der Waals surface area contributed by atoms with Crippen molar-refractivity contribution in [1.29, 1.82) is 0 Å². The highest BCUT2D eigenvalue weighted by molar-refractivity contribution is 6.16. The first-order chi connectivity index (χ1) is 13.7. The minimum atomic E-state index is -0.101. The Kier molecular flexibility index (Phi) is 4.20. The average molecular weight is 376 g/mol. The van der Waals surface area contributed by atoms with Gasteiger partial charge in [0, 0.05) is 16.4 Å². The molecule has 3 aliphatic rings. The van der Waals surface area contributed by atoms with E-state index in [1.807, 2.05) is 24.3 Å². The van der Waals surface area contributed by atoms with E-state index in [0.717, 1.165) is 42.1 Å². The fourth-order valence-electron chi connectivity index (χ4n) is 4.22. The number of benzene rings is 2. The minimum absolute atomic E-state index is 0.0710. The van der Waals surface area contributed by atoms with Crippen molar-refractivity contribution in [3.8, 4) is 11.5 Å². The summed E-state index contributed by atoms with van der Waals surface area (Å²) in [5.41, 5.74) is 1.48. The maximum Gasteiger partial charge on any atom is 0.274 e. The van der Waals surface area contributed by atoms with Gasteiger partial charge in [0.2, 0.25) is 6.79 Å². The number of carbonyl (C=O) groups is 2. The van der Waals surface area contributed by atoms with Gasteiger partial charge in [-0.1, -0.05) is 18.2 Å². The SMILES string of the molecule is O=C1N=c2ccccc2=C1C1CCN(CC(=O)c2ccc3c(c2)OCO3)CC1. The Bertz CT molecular complexity index is 1080. The summed E-state index contributed by atoms with van der Waals surface area (Å²) in [5, 5.41) is 1.75. The normalized spacial score (nSPS) is 18.9. The van der Waals surface area contributed by atoms with Crippen LogP contribution < -0.4 is 20.0 Å². The van der Waals surface area contributed by atoms with E-state index < -0.39 is 0 Å². The van der Waals surface area contributed by atoms with Crippen LogP contribution in [0.5, 0.6) is 11.5 Å². The van der Waals surface area contributed by atoms with Gasteiger partial charge in [-0.15, -0.1) is 0 Å². The van der Waals surface area contributed by atoms with E-state index in [-0.39, 0.29) is 24.4 Å². The molecule has 5 rings (SSSR count). The number of likely N-dealkylation sites (tertiary alicyclic amines) is 1. The highest BCUT2D eigenvalue weighted by Gasteiger charge is 2.29. The molecule has 0 N–H and O–H groups in total. The molecule has 3 heterocycles. The first-order valence-corrected chi connectivity index (χ1v) is 9.56. The maximum absolute atomic E-state index is 12.7. The zero-order chi connectivity index (χ0) is 19.1. The lowest BCUT2D eigenvalue weighted by Gasteiger charge is -2.31. The molecule has 28 heavy (non-hydrogen) atoms. The van der Waals surface area contributed by atoms with E-state index in [1.165, 1.54) is 0 Å². The summed E-state index contributed by atoms with van der Waals surface area (Å²) in [7, 11) is 0. The van der Waals surface area contributed by atoms with Crippen LogP contribution in [0.4, 0.5) is 0 Å². The molecule has 1 saturated heterocycles.